The lowest BCUT2D eigenvalue weighted by Crippen LogP contribution is -2.32. The number of rotatable bonds is 2. The highest BCUT2D eigenvalue weighted by Gasteiger charge is 2.53. The third-order valence-electron chi connectivity index (χ3n) is 3.63. The maximum absolute atomic E-state index is 11.9. The molecule has 2 aliphatic rings. The molecule has 1 aliphatic heterocycles. The van der Waals surface area contributed by atoms with Gasteiger partial charge in [0.1, 0.15) is 0 Å². The summed E-state index contributed by atoms with van der Waals surface area (Å²) in [5.74, 6) is 0.443. The van der Waals surface area contributed by atoms with Crippen molar-refractivity contribution in [2.45, 2.75) is 6.04 Å². The van der Waals surface area contributed by atoms with Crippen LogP contribution in [0.5, 0.6) is 11.5 Å². The molecule has 5 nitrogen and oxygen atoms in total. The number of carbonyl (C=O) groups excluding carboxylic acids is 1. The first-order chi connectivity index (χ1) is 8.16. The van der Waals surface area contributed by atoms with Gasteiger partial charge in [-0.05, 0) is 30.0 Å². The van der Waals surface area contributed by atoms with Crippen LogP contribution < -0.4 is 10.6 Å². The number of carbonyl (C=O) groups is 1. The van der Waals surface area contributed by atoms with E-state index >= 15 is 0 Å². The van der Waals surface area contributed by atoms with Gasteiger partial charge in [-0.2, -0.15) is 0 Å². The van der Waals surface area contributed by atoms with Gasteiger partial charge in [0.25, 0.3) is 5.91 Å². The van der Waals surface area contributed by atoms with E-state index in [1.165, 1.54) is 18.2 Å². The second-order valence-corrected chi connectivity index (χ2v) is 4.69. The van der Waals surface area contributed by atoms with Crippen LogP contribution in [-0.4, -0.2) is 35.3 Å². The molecule has 17 heavy (non-hydrogen) atoms. The van der Waals surface area contributed by atoms with Crippen LogP contribution in [0.25, 0.3) is 0 Å². The number of fused-ring (bicyclic) bond motifs is 1. The summed E-state index contributed by atoms with van der Waals surface area (Å²) in [6.45, 7) is 1.94. The molecule has 5 heteroatoms. The summed E-state index contributed by atoms with van der Waals surface area (Å²) in [7, 11) is 0. The van der Waals surface area contributed by atoms with Crippen LogP contribution in [0, 0.1) is 11.8 Å². The Kier molecular flexibility index (Phi) is 2.22. The van der Waals surface area contributed by atoms with Crippen LogP contribution in [0.3, 0.4) is 0 Å². The van der Waals surface area contributed by atoms with Gasteiger partial charge in [-0.15, -0.1) is 0 Å². The molecule has 4 N–H and O–H groups in total. The van der Waals surface area contributed by atoms with Gasteiger partial charge in [0, 0.05) is 24.7 Å². The molecule has 1 aromatic rings. The molecule has 1 saturated carbocycles. The average molecular weight is 234 g/mol. The van der Waals surface area contributed by atoms with E-state index in [1.807, 2.05) is 0 Å². The fourth-order valence-corrected chi connectivity index (χ4v) is 2.53. The van der Waals surface area contributed by atoms with Gasteiger partial charge < -0.3 is 20.8 Å². The van der Waals surface area contributed by atoms with Gasteiger partial charge in [0.15, 0.2) is 11.5 Å². The van der Waals surface area contributed by atoms with Gasteiger partial charge in [-0.25, -0.2) is 0 Å². The quantitative estimate of drug-likeness (QED) is 0.545. The first-order valence-electron chi connectivity index (χ1n) is 5.70. The standard InChI is InChI=1S/C12H14N2O3/c15-9-2-1-6(3-10(9)16)12(17)14-11-7-4-13-5-8(7)11/h1-3,7-8,11,13,15-16H,4-5H2,(H,14,17). The van der Waals surface area contributed by atoms with Crippen molar-refractivity contribution in [2.75, 3.05) is 13.1 Å². The molecule has 0 spiro atoms. The van der Waals surface area contributed by atoms with E-state index in [1.54, 1.807) is 0 Å². The number of nitrogens with one attached hydrogen (secondary N) is 2. The van der Waals surface area contributed by atoms with Crippen molar-refractivity contribution in [3.05, 3.63) is 23.8 Å². The van der Waals surface area contributed by atoms with Gasteiger partial charge in [-0.1, -0.05) is 0 Å². The fraction of sp³-hybridized carbons (Fsp3) is 0.417. The molecule has 2 fully saturated rings. The molecule has 0 radical (unpaired) electrons. The second-order valence-electron chi connectivity index (χ2n) is 4.69. The number of hydrogen-bond donors (Lipinski definition) is 4. The number of hydrogen-bond acceptors (Lipinski definition) is 4. The summed E-state index contributed by atoms with van der Waals surface area (Å²) in [6.07, 6.45) is 0. The SMILES string of the molecule is O=C(NC1C2CNCC21)c1ccc(O)c(O)c1. The molecule has 90 valence electrons. The molecule has 0 bridgehead atoms. The molecular formula is C12H14N2O3. The number of amides is 1. The Bertz CT molecular complexity index is 465. The normalized spacial score (nSPS) is 29.8. The Labute approximate surface area is 98.5 Å². The highest BCUT2D eigenvalue weighted by molar-refractivity contribution is 5.95. The maximum Gasteiger partial charge on any atom is 0.251 e. The van der Waals surface area contributed by atoms with Crippen molar-refractivity contribution >= 4 is 5.91 Å². The number of piperidine rings is 1. The zero-order chi connectivity index (χ0) is 12.0. The van der Waals surface area contributed by atoms with Crippen molar-refractivity contribution in [3.8, 4) is 11.5 Å². The van der Waals surface area contributed by atoms with E-state index in [4.69, 9.17) is 5.11 Å². The van der Waals surface area contributed by atoms with Gasteiger partial charge in [-0.3, -0.25) is 4.79 Å². The summed E-state index contributed by atoms with van der Waals surface area (Å²) in [6, 6.07) is 4.36. The highest BCUT2D eigenvalue weighted by atomic mass is 16.3. The Morgan fingerprint density at radius 3 is 2.59 bits per heavy atom. The van der Waals surface area contributed by atoms with E-state index < -0.39 is 0 Å². The molecule has 1 heterocycles. The molecule has 2 atom stereocenters. The summed E-state index contributed by atoms with van der Waals surface area (Å²) >= 11 is 0. The van der Waals surface area contributed by atoms with E-state index in [0.717, 1.165) is 13.1 Å². The lowest BCUT2D eigenvalue weighted by Gasteiger charge is -2.08. The minimum absolute atomic E-state index is 0.195. The highest BCUT2D eigenvalue weighted by Crippen LogP contribution is 2.41. The molecule has 1 aromatic carbocycles. The molecule has 1 saturated heterocycles. The van der Waals surface area contributed by atoms with Gasteiger partial charge >= 0.3 is 0 Å². The molecule has 3 rings (SSSR count). The summed E-state index contributed by atoms with van der Waals surface area (Å²) < 4.78 is 0. The third kappa shape index (κ3) is 1.72. The Morgan fingerprint density at radius 1 is 1.24 bits per heavy atom. The van der Waals surface area contributed by atoms with Crippen molar-refractivity contribution < 1.29 is 15.0 Å². The predicted molar refractivity (Wildman–Crippen MR) is 60.9 cm³/mol. The van der Waals surface area contributed by atoms with Crippen LogP contribution in [0.2, 0.25) is 0 Å². The second kappa shape index (κ2) is 3.63. The molecule has 2 unspecified atom stereocenters. The largest absolute Gasteiger partial charge is 0.504 e. The smallest absolute Gasteiger partial charge is 0.251 e. The van der Waals surface area contributed by atoms with E-state index in [9.17, 15) is 9.90 Å². The first kappa shape index (κ1) is 10.4. The average Bonchev–Trinajstić information content (AvgIpc) is 2.76. The molecule has 1 aliphatic carbocycles. The Balaban J connectivity index is 1.68. The monoisotopic (exact) mass is 234 g/mol. The van der Waals surface area contributed by atoms with Gasteiger partial charge in [0.2, 0.25) is 0 Å². The minimum Gasteiger partial charge on any atom is -0.504 e. The van der Waals surface area contributed by atoms with Crippen molar-refractivity contribution in [3.63, 3.8) is 0 Å². The summed E-state index contributed by atoms with van der Waals surface area (Å²) in [5.41, 5.74) is 0.373. The third-order valence-corrected chi connectivity index (χ3v) is 3.63. The fourth-order valence-electron chi connectivity index (χ4n) is 2.53. The lowest BCUT2D eigenvalue weighted by molar-refractivity contribution is 0.0946. The zero-order valence-corrected chi connectivity index (χ0v) is 9.18. The number of aromatic hydroxyl groups is 2. The van der Waals surface area contributed by atoms with E-state index in [2.05, 4.69) is 10.6 Å². The minimum atomic E-state index is -0.268. The van der Waals surface area contributed by atoms with Crippen LogP contribution in [0.15, 0.2) is 18.2 Å². The van der Waals surface area contributed by atoms with Crippen LogP contribution in [-0.2, 0) is 0 Å². The maximum atomic E-state index is 11.9. The van der Waals surface area contributed by atoms with E-state index in [-0.39, 0.29) is 23.4 Å². The molecular weight excluding hydrogens is 220 g/mol. The topological polar surface area (TPSA) is 81.6 Å². The molecule has 0 aromatic heterocycles. The summed E-state index contributed by atoms with van der Waals surface area (Å²) in [4.78, 5) is 11.9. The first-order valence-corrected chi connectivity index (χ1v) is 5.70. The van der Waals surface area contributed by atoms with Crippen LogP contribution in [0.1, 0.15) is 10.4 Å². The number of phenols is 2. The van der Waals surface area contributed by atoms with Crippen molar-refractivity contribution in [1.29, 1.82) is 0 Å². The Morgan fingerprint density at radius 2 is 1.94 bits per heavy atom. The lowest BCUT2D eigenvalue weighted by atomic mass is 10.2. The molecule has 1 amide bonds. The predicted octanol–water partition coefficient (Wildman–Crippen LogP) is 0.0454. The van der Waals surface area contributed by atoms with Crippen LogP contribution >= 0.6 is 0 Å². The van der Waals surface area contributed by atoms with Gasteiger partial charge in [0.05, 0.1) is 0 Å². The van der Waals surface area contributed by atoms with E-state index in [0.29, 0.717) is 17.4 Å². The Hall–Kier alpha value is -1.75. The van der Waals surface area contributed by atoms with Crippen molar-refractivity contribution in [1.82, 2.24) is 10.6 Å². The van der Waals surface area contributed by atoms with Crippen LogP contribution in [0.4, 0.5) is 0 Å². The zero-order valence-electron chi connectivity index (χ0n) is 9.18. The van der Waals surface area contributed by atoms with Crippen molar-refractivity contribution in [2.24, 2.45) is 11.8 Å². The summed E-state index contributed by atoms with van der Waals surface area (Å²) in [5, 5.41) is 24.7. The number of benzene rings is 1. The number of phenolic OH excluding ortho intramolecular Hbond substituents is 2.